The number of thioether (sulfide) groups is 1. The Hall–Kier alpha value is -3.09. The average Bonchev–Trinajstić information content (AvgIpc) is 2.76. The standard InChI is InChI=1S/C23H18ClN3O2S/c24-18-12-10-17(11-13-18)15-30-23-25-20-9-5-4-8-19(20)22(29)27(23)26-21(28)14-16-6-2-1-3-7-16/h1-13H,14-15H2,(H,26,28). The smallest absolute Gasteiger partial charge is 0.273 e. The number of halogens is 1. The van der Waals surface area contributed by atoms with E-state index in [1.54, 1.807) is 18.2 Å². The number of amides is 1. The van der Waals surface area contributed by atoms with Gasteiger partial charge in [0, 0.05) is 10.8 Å². The summed E-state index contributed by atoms with van der Waals surface area (Å²) in [5, 5.41) is 1.54. The van der Waals surface area contributed by atoms with Crippen LogP contribution >= 0.6 is 23.4 Å². The van der Waals surface area contributed by atoms with Crippen LogP contribution in [0.2, 0.25) is 5.02 Å². The molecule has 4 aromatic rings. The topological polar surface area (TPSA) is 64.0 Å². The van der Waals surface area contributed by atoms with Crippen LogP contribution in [0.15, 0.2) is 88.8 Å². The highest BCUT2D eigenvalue weighted by Crippen LogP contribution is 2.22. The van der Waals surface area contributed by atoms with Crippen molar-refractivity contribution in [3.63, 3.8) is 0 Å². The first-order valence-electron chi connectivity index (χ1n) is 9.33. The lowest BCUT2D eigenvalue weighted by Gasteiger charge is -2.14. The highest BCUT2D eigenvalue weighted by molar-refractivity contribution is 7.98. The molecule has 0 spiro atoms. The molecule has 0 unspecified atom stereocenters. The number of nitrogens with zero attached hydrogens (tertiary/aromatic N) is 2. The molecule has 1 heterocycles. The van der Waals surface area contributed by atoms with Gasteiger partial charge >= 0.3 is 0 Å². The van der Waals surface area contributed by atoms with Crippen LogP contribution in [0, 0.1) is 0 Å². The van der Waals surface area contributed by atoms with E-state index >= 15 is 0 Å². The zero-order valence-electron chi connectivity index (χ0n) is 15.9. The number of carbonyl (C=O) groups is 1. The van der Waals surface area contributed by atoms with E-state index in [0.29, 0.717) is 26.8 Å². The van der Waals surface area contributed by atoms with Crippen LogP contribution in [-0.2, 0) is 17.0 Å². The third kappa shape index (κ3) is 4.72. The molecule has 0 saturated heterocycles. The number of rotatable bonds is 6. The molecule has 0 atom stereocenters. The highest BCUT2D eigenvalue weighted by Gasteiger charge is 2.14. The van der Waals surface area contributed by atoms with E-state index in [4.69, 9.17) is 11.6 Å². The number of hydrogen-bond acceptors (Lipinski definition) is 4. The monoisotopic (exact) mass is 435 g/mol. The minimum Gasteiger partial charge on any atom is -0.273 e. The van der Waals surface area contributed by atoms with Crippen LogP contribution in [-0.4, -0.2) is 15.6 Å². The predicted molar refractivity (Wildman–Crippen MR) is 122 cm³/mol. The fourth-order valence-corrected chi connectivity index (χ4v) is 4.02. The third-order valence-corrected chi connectivity index (χ3v) is 5.73. The molecule has 0 radical (unpaired) electrons. The molecule has 3 aromatic carbocycles. The molecule has 0 aliphatic rings. The van der Waals surface area contributed by atoms with Gasteiger partial charge in [-0.15, -0.1) is 0 Å². The fraction of sp³-hybridized carbons (Fsp3) is 0.0870. The van der Waals surface area contributed by atoms with Gasteiger partial charge in [0.2, 0.25) is 5.91 Å². The normalized spacial score (nSPS) is 10.8. The van der Waals surface area contributed by atoms with Gasteiger partial charge in [0.25, 0.3) is 5.56 Å². The van der Waals surface area contributed by atoms with Gasteiger partial charge in [0.15, 0.2) is 5.16 Å². The largest absolute Gasteiger partial charge is 0.281 e. The second kappa shape index (κ2) is 9.15. The summed E-state index contributed by atoms with van der Waals surface area (Å²) in [6.07, 6.45) is 0.168. The number of hydrogen-bond donors (Lipinski definition) is 1. The quantitative estimate of drug-likeness (QED) is 0.353. The lowest BCUT2D eigenvalue weighted by atomic mass is 10.1. The minimum atomic E-state index is -0.305. The van der Waals surface area contributed by atoms with Crippen LogP contribution < -0.4 is 11.0 Å². The summed E-state index contributed by atoms with van der Waals surface area (Å²) in [4.78, 5) is 30.3. The van der Waals surface area contributed by atoms with Crippen molar-refractivity contribution in [2.75, 3.05) is 5.43 Å². The summed E-state index contributed by atoms with van der Waals surface area (Å²) in [5.41, 5.74) is 4.92. The van der Waals surface area contributed by atoms with Crippen molar-refractivity contribution in [2.24, 2.45) is 0 Å². The van der Waals surface area contributed by atoms with E-state index < -0.39 is 0 Å². The van der Waals surface area contributed by atoms with Crippen molar-refractivity contribution in [3.8, 4) is 0 Å². The first-order valence-corrected chi connectivity index (χ1v) is 10.7. The molecule has 1 amide bonds. The Labute approximate surface area is 182 Å². The molecular formula is C23H18ClN3O2S. The van der Waals surface area contributed by atoms with E-state index in [2.05, 4.69) is 10.4 Å². The van der Waals surface area contributed by atoms with Gasteiger partial charge in [0.05, 0.1) is 17.3 Å². The number of fused-ring (bicyclic) bond motifs is 1. The Kier molecular flexibility index (Phi) is 6.16. The van der Waals surface area contributed by atoms with Gasteiger partial charge in [-0.3, -0.25) is 15.0 Å². The molecule has 150 valence electrons. The predicted octanol–water partition coefficient (Wildman–Crippen LogP) is 4.66. The summed E-state index contributed by atoms with van der Waals surface area (Å²) in [6.45, 7) is 0. The summed E-state index contributed by atoms with van der Waals surface area (Å²) in [6, 6.07) is 24.0. The van der Waals surface area contributed by atoms with Crippen LogP contribution in [0.1, 0.15) is 11.1 Å². The molecule has 1 aromatic heterocycles. The lowest BCUT2D eigenvalue weighted by molar-refractivity contribution is -0.116. The number of nitrogens with one attached hydrogen (secondary N) is 1. The average molecular weight is 436 g/mol. The SMILES string of the molecule is O=C(Cc1ccccc1)Nn1c(SCc2ccc(Cl)cc2)nc2ccccc2c1=O. The highest BCUT2D eigenvalue weighted by atomic mass is 35.5. The van der Waals surface area contributed by atoms with Gasteiger partial charge in [0.1, 0.15) is 0 Å². The molecular weight excluding hydrogens is 418 g/mol. The van der Waals surface area contributed by atoms with Crippen molar-refractivity contribution < 1.29 is 4.79 Å². The van der Waals surface area contributed by atoms with Gasteiger partial charge in [-0.2, -0.15) is 4.68 Å². The van der Waals surface area contributed by atoms with Gasteiger partial charge in [-0.25, -0.2) is 4.98 Å². The van der Waals surface area contributed by atoms with E-state index in [-0.39, 0.29) is 17.9 Å². The second-order valence-electron chi connectivity index (χ2n) is 6.66. The maximum absolute atomic E-state index is 13.1. The summed E-state index contributed by atoms with van der Waals surface area (Å²) in [5.74, 6) is 0.296. The van der Waals surface area contributed by atoms with E-state index in [1.807, 2.05) is 60.7 Å². The Morgan fingerprint density at radius 3 is 2.40 bits per heavy atom. The number of aromatic nitrogens is 2. The van der Waals surface area contributed by atoms with Crippen LogP contribution in [0.25, 0.3) is 10.9 Å². The molecule has 0 bridgehead atoms. The molecule has 0 fully saturated rings. The molecule has 0 saturated carbocycles. The van der Waals surface area contributed by atoms with Crippen molar-refractivity contribution >= 4 is 40.2 Å². The number of benzene rings is 3. The van der Waals surface area contributed by atoms with E-state index in [1.165, 1.54) is 16.4 Å². The summed E-state index contributed by atoms with van der Waals surface area (Å²) in [7, 11) is 0. The van der Waals surface area contributed by atoms with Gasteiger partial charge in [-0.1, -0.05) is 78.0 Å². The second-order valence-corrected chi connectivity index (χ2v) is 8.04. The molecule has 5 nitrogen and oxygen atoms in total. The Bertz CT molecular complexity index is 1240. The Morgan fingerprint density at radius 2 is 1.63 bits per heavy atom. The fourth-order valence-electron chi connectivity index (χ4n) is 2.98. The molecule has 0 aliphatic carbocycles. The van der Waals surface area contributed by atoms with E-state index in [9.17, 15) is 9.59 Å². The zero-order valence-corrected chi connectivity index (χ0v) is 17.5. The minimum absolute atomic E-state index is 0.168. The molecule has 0 aliphatic heterocycles. The van der Waals surface area contributed by atoms with Gasteiger partial charge in [-0.05, 0) is 35.4 Å². The number of carbonyl (C=O) groups excluding carboxylic acids is 1. The Morgan fingerprint density at radius 1 is 0.933 bits per heavy atom. The van der Waals surface area contributed by atoms with Crippen LogP contribution in [0.3, 0.4) is 0 Å². The van der Waals surface area contributed by atoms with Crippen molar-refractivity contribution in [1.82, 2.24) is 9.66 Å². The van der Waals surface area contributed by atoms with Crippen molar-refractivity contribution in [2.45, 2.75) is 17.3 Å². The van der Waals surface area contributed by atoms with Crippen molar-refractivity contribution in [3.05, 3.63) is 105 Å². The summed E-state index contributed by atoms with van der Waals surface area (Å²) < 4.78 is 1.24. The third-order valence-electron chi connectivity index (χ3n) is 4.47. The number of para-hydroxylation sites is 1. The van der Waals surface area contributed by atoms with Crippen LogP contribution in [0.4, 0.5) is 0 Å². The Balaban J connectivity index is 1.64. The first-order chi connectivity index (χ1) is 14.6. The molecule has 4 rings (SSSR count). The first kappa shape index (κ1) is 20.2. The molecule has 30 heavy (non-hydrogen) atoms. The van der Waals surface area contributed by atoms with Gasteiger partial charge < -0.3 is 0 Å². The maximum Gasteiger partial charge on any atom is 0.281 e. The lowest BCUT2D eigenvalue weighted by Crippen LogP contribution is -2.35. The summed E-state index contributed by atoms with van der Waals surface area (Å²) >= 11 is 7.33. The zero-order chi connectivity index (χ0) is 20.9. The molecule has 1 N–H and O–H groups in total. The van der Waals surface area contributed by atoms with E-state index in [0.717, 1.165) is 11.1 Å². The van der Waals surface area contributed by atoms with Crippen molar-refractivity contribution in [1.29, 1.82) is 0 Å². The van der Waals surface area contributed by atoms with Crippen LogP contribution in [0.5, 0.6) is 0 Å². The molecule has 7 heteroatoms. The maximum atomic E-state index is 13.1.